The average molecular weight is 1730 g/mol. The molecule has 0 saturated carbocycles. The number of fused-ring (bicyclic) bond motifs is 16. The van der Waals surface area contributed by atoms with Gasteiger partial charge in [-0.25, -0.2) is 39.9 Å². The first-order valence-electron chi connectivity index (χ1n) is 44.1. The van der Waals surface area contributed by atoms with Crippen molar-refractivity contribution in [1.29, 1.82) is 0 Å². The fourth-order valence-corrected chi connectivity index (χ4v) is 24.4. The summed E-state index contributed by atoms with van der Waals surface area (Å²) in [5, 5.41) is 0.207. The Morgan fingerprint density at radius 3 is 1.12 bits per heavy atom. The monoisotopic (exact) mass is 1730 g/mol. The number of hydrogen-bond donors (Lipinski definition) is 0. The van der Waals surface area contributed by atoms with Crippen LogP contribution in [-0.2, 0) is 11.2 Å². The van der Waals surface area contributed by atoms with Gasteiger partial charge >= 0.3 is 0 Å². The molecule has 118 heavy (non-hydrogen) atoms. The highest BCUT2D eigenvalue weighted by Crippen LogP contribution is 2.63. The second-order valence-corrected chi connectivity index (χ2v) is 41.1. The molecule has 2 atom stereocenters. The number of aryl methyl sites for hydroxylation is 2. The van der Waals surface area contributed by atoms with Crippen LogP contribution in [0.5, 0.6) is 11.5 Å². The van der Waals surface area contributed by atoms with Crippen molar-refractivity contribution in [1.82, 2.24) is 39.9 Å². The number of ether oxygens (including phenoxy) is 2. The van der Waals surface area contributed by atoms with E-state index in [4.69, 9.17) is 95.7 Å². The Labute approximate surface area is 732 Å². The molecule has 0 fully saturated rings. The lowest BCUT2D eigenvalue weighted by molar-refractivity contribution is 0.0324. The van der Waals surface area contributed by atoms with E-state index in [1.54, 1.807) is 34.0 Å². The number of halogens is 4. The zero-order valence-corrected chi connectivity index (χ0v) is 76.5. The zero-order chi connectivity index (χ0) is 82.3. The number of carbonyl (C=O) groups is 2. The summed E-state index contributed by atoms with van der Waals surface area (Å²) in [5.74, 6) is 3.21. The topological polar surface area (TPSA) is 156 Å². The van der Waals surface area contributed by atoms with Crippen molar-refractivity contribution in [3.63, 3.8) is 0 Å². The molecule has 0 radical (unpaired) electrons. The van der Waals surface area contributed by atoms with Crippen LogP contribution in [0.2, 0.25) is 20.6 Å². The molecule has 12 aromatic rings. The molecular weight excluding hydrogens is 1620 g/mol. The third kappa shape index (κ3) is 16.9. The normalized spacial score (nSPS) is 15.5. The third-order valence-corrected chi connectivity index (χ3v) is 31.5. The van der Waals surface area contributed by atoms with Crippen molar-refractivity contribution in [2.24, 2.45) is 23.7 Å². The fraction of sp³-hybridized carbons (Fsp3) is 0.490. The van der Waals surface area contributed by atoms with Crippen LogP contribution in [0.15, 0.2) is 72.8 Å². The van der Waals surface area contributed by atoms with Crippen molar-refractivity contribution >= 4 is 147 Å². The molecule has 2 aliphatic carbocycles. The first kappa shape index (κ1) is 84.7. The van der Waals surface area contributed by atoms with Crippen molar-refractivity contribution in [2.45, 2.75) is 286 Å². The van der Waals surface area contributed by atoms with Crippen molar-refractivity contribution in [3.8, 4) is 84.8 Å². The molecule has 0 amide bonds. The van der Waals surface area contributed by atoms with Gasteiger partial charge in [-0.05, 0) is 113 Å². The van der Waals surface area contributed by atoms with E-state index in [-0.39, 0.29) is 43.6 Å². The summed E-state index contributed by atoms with van der Waals surface area (Å²) in [6.45, 7) is 22.9. The molecule has 2 aliphatic heterocycles. The van der Waals surface area contributed by atoms with E-state index < -0.39 is 11.2 Å². The second-order valence-electron chi connectivity index (χ2n) is 35.3. The van der Waals surface area contributed by atoms with Crippen molar-refractivity contribution < 1.29 is 19.1 Å². The van der Waals surface area contributed by atoms with Crippen LogP contribution in [0.3, 0.4) is 0 Å². The summed E-state index contributed by atoms with van der Waals surface area (Å²) in [7, 11) is 0. The van der Waals surface area contributed by atoms with Crippen LogP contribution in [0.4, 0.5) is 0 Å². The Bertz CT molecular complexity index is 5730. The minimum Gasteiger partial charge on any atom is -0.481 e. The molecule has 0 N–H and O–H groups in total. The maximum absolute atomic E-state index is 15.2. The number of nitrogens with zero attached hydrogens (tertiary/aromatic N) is 8. The van der Waals surface area contributed by atoms with Gasteiger partial charge in [-0.15, -0.1) is 45.3 Å². The van der Waals surface area contributed by atoms with E-state index in [2.05, 4.69) is 86.6 Å². The number of thiophene rings is 4. The predicted octanol–water partition coefficient (Wildman–Crippen LogP) is 32.0. The summed E-state index contributed by atoms with van der Waals surface area (Å²) in [6.07, 6.45) is 37.3. The first-order chi connectivity index (χ1) is 57.2. The summed E-state index contributed by atoms with van der Waals surface area (Å²) in [5.41, 5.74) is 11.9. The van der Waals surface area contributed by atoms with Crippen LogP contribution in [-0.4, -0.2) is 51.4 Å². The van der Waals surface area contributed by atoms with Crippen molar-refractivity contribution in [3.05, 3.63) is 137 Å². The van der Waals surface area contributed by atoms with Crippen LogP contribution >= 0.6 is 91.8 Å². The number of carbonyl (C=O) groups excluding carboxylic acids is 2. The SMILES string of the molecule is CCCCCCCCCCCCC1(CCCCCCCCCCCC)Oc2cc(-c3c4nc(Cl)c(Cl)nc4c(-c4cc5c(s4)-c4sc(-c6c7nc(Cl)c(Cl)nc7c(C)c7nc8c(nc67)C(=O)c6ccccc6-8)cc4OC5(CCC(C)CCCC(C)C)CCC(C)CCCC(C)C)c4nc5c(nc34)C(=O)c3ccccc3-5)sc2-c2sc(C)cc21. The van der Waals surface area contributed by atoms with Gasteiger partial charge in [0.05, 0.1) is 30.5 Å². The first-order valence-corrected chi connectivity index (χ1v) is 48.9. The van der Waals surface area contributed by atoms with Crippen LogP contribution in [0.25, 0.3) is 117 Å². The molecule has 618 valence electrons. The summed E-state index contributed by atoms with van der Waals surface area (Å²) >= 11 is 35.3. The van der Waals surface area contributed by atoms with Gasteiger partial charge in [-0.1, -0.05) is 304 Å². The minimum absolute atomic E-state index is 0.0421. The molecule has 0 saturated heterocycles. The molecule has 2 unspecified atom stereocenters. The number of unbranched alkanes of at least 4 members (excludes halogenated alkanes) is 18. The molecule has 12 nitrogen and oxygen atoms in total. The molecule has 0 bridgehead atoms. The molecule has 16 rings (SSSR count). The van der Waals surface area contributed by atoms with Crippen LogP contribution in [0, 0.1) is 37.5 Å². The van der Waals surface area contributed by atoms with Gasteiger partial charge in [-0.3, -0.25) is 9.59 Å². The Morgan fingerprint density at radius 1 is 0.347 bits per heavy atom. The van der Waals surface area contributed by atoms with Crippen LogP contribution in [0.1, 0.15) is 315 Å². The molecular formula is C98H110Cl4N8O4S4. The number of aromatic nitrogens is 8. The standard InChI is InChI=1S/C98H110Cl4N8O4S4/c1-11-13-15-17-19-21-23-25-27-33-47-97(48-34-28-26-24-22-20-18-16-14-12-2)65-51-59(9)115-89(65)91-67(113-97)53-71(117-91)74-82-81(104-78-62-42-30-32-44-64(62)88(112)86(78)106-82)72(83-84(74)110-96(102)95(101)109-83)69-52-66-90(116-69)92-68(114-98(66,49-45-57(7)39-35-37-55(3)4)50-46-58(8)40-36-38-56(5)6)54-70(118-92)73-79-75(60(10)76-80(73)108-94(100)93(99)107-76)103-77-61-41-29-31-43-63(61)87(111)85(77)105-79/h29-32,41-44,51-58H,11-28,33-40,45-50H2,1-10H3. The van der Waals surface area contributed by atoms with E-state index >= 15 is 4.79 Å². The minimum atomic E-state index is -0.844. The number of benzene rings is 4. The Hall–Kier alpha value is -6.86. The van der Waals surface area contributed by atoms with E-state index in [0.717, 1.165) is 135 Å². The molecule has 0 spiro atoms. The van der Waals surface area contributed by atoms with Gasteiger partial charge in [0.25, 0.3) is 0 Å². The maximum atomic E-state index is 15.2. The number of hydrogen-bond acceptors (Lipinski definition) is 16. The largest absolute Gasteiger partial charge is 0.481 e. The van der Waals surface area contributed by atoms with E-state index in [1.807, 2.05) is 66.8 Å². The summed E-state index contributed by atoms with van der Waals surface area (Å²) in [4.78, 5) is 80.7. The Morgan fingerprint density at radius 2 is 0.678 bits per heavy atom. The van der Waals surface area contributed by atoms with Gasteiger partial charge in [-0.2, -0.15) is 0 Å². The Kier molecular flexibility index (Phi) is 26.3. The highest BCUT2D eigenvalue weighted by molar-refractivity contribution is 7.26. The van der Waals surface area contributed by atoms with E-state index in [1.165, 1.54) is 144 Å². The molecule has 4 aliphatic rings. The van der Waals surface area contributed by atoms with Gasteiger partial charge in [0, 0.05) is 75.1 Å². The maximum Gasteiger partial charge on any atom is 0.214 e. The quantitative estimate of drug-likeness (QED) is 0.0266. The van der Waals surface area contributed by atoms with Crippen molar-refractivity contribution in [2.75, 3.05) is 0 Å². The lowest BCUT2D eigenvalue weighted by atomic mass is 9.78. The average Bonchev–Trinajstić information content (AvgIpc) is 1.51. The highest BCUT2D eigenvalue weighted by atomic mass is 35.5. The number of ketones is 2. The van der Waals surface area contributed by atoms with Gasteiger partial charge in [0.1, 0.15) is 78.6 Å². The van der Waals surface area contributed by atoms with E-state index in [9.17, 15) is 4.79 Å². The Balaban J connectivity index is 0.881. The summed E-state index contributed by atoms with van der Waals surface area (Å²) < 4.78 is 16.0. The lowest BCUT2D eigenvalue weighted by Gasteiger charge is -2.39. The smallest absolute Gasteiger partial charge is 0.214 e. The predicted molar refractivity (Wildman–Crippen MR) is 496 cm³/mol. The molecule has 4 aromatic carbocycles. The lowest BCUT2D eigenvalue weighted by Crippen LogP contribution is -2.36. The number of rotatable bonds is 39. The zero-order valence-electron chi connectivity index (χ0n) is 70.2. The van der Waals surface area contributed by atoms with E-state index in [0.29, 0.717) is 113 Å². The van der Waals surface area contributed by atoms with Gasteiger partial charge in [0.2, 0.25) is 11.6 Å². The highest BCUT2D eigenvalue weighted by Gasteiger charge is 2.47. The second kappa shape index (κ2) is 36.7. The third-order valence-electron chi connectivity index (χ3n) is 25.5. The van der Waals surface area contributed by atoms with Crippen LogP contribution < -0.4 is 9.47 Å². The molecule has 8 aromatic heterocycles. The molecule has 20 heteroatoms. The van der Waals surface area contributed by atoms with Gasteiger partial charge < -0.3 is 9.47 Å². The fourth-order valence-electron chi connectivity index (χ4n) is 18.9. The summed E-state index contributed by atoms with van der Waals surface area (Å²) in [6, 6.07) is 24.4. The molecule has 10 heterocycles. The van der Waals surface area contributed by atoms with Gasteiger partial charge in [0.15, 0.2) is 20.6 Å².